The quantitative estimate of drug-likeness (QED) is 0.537. The Morgan fingerprint density at radius 3 is 3.00 bits per heavy atom. The minimum atomic E-state index is 0.183. The molecule has 16 heavy (non-hydrogen) atoms. The van der Waals surface area contributed by atoms with E-state index in [-0.39, 0.29) is 6.61 Å². The van der Waals surface area contributed by atoms with Crippen molar-refractivity contribution >= 4 is 22.3 Å². The lowest BCUT2D eigenvalue weighted by molar-refractivity contribution is 0.292. The normalized spacial score (nSPS) is 10.6. The monoisotopic (exact) mass is 217 g/mol. The van der Waals surface area contributed by atoms with E-state index in [0.717, 1.165) is 16.6 Å². The molecule has 1 aromatic carbocycles. The zero-order valence-electron chi connectivity index (χ0n) is 8.98. The molecule has 0 unspecified atom stereocenters. The number of pyridine rings is 1. The highest BCUT2D eigenvalue weighted by Gasteiger charge is 2.03. The van der Waals surface area contributed by atoms with Crippen molar-refractivity contribution in [2.45, 2.75) is 6.42 Å². The van der Waals surface area contributed by atoms with Gasteiger partial charge in [-0.1, -0.05) is 0 Å². The molecule has 0 radical (unpaired) electrons. The van der Waals surface area contributed by atoms with E-state index in [1.54, 1.807) is 6.20 Å². The molecule has 4 N–H and O–H groups in total. The van der Waals surface area contributed by atoms with E-state index in [1.807, 2.05) is 24.3 Å². The number of rotatable bonds is 4. The summed E-state index contributed by atoms with van der Waals surface area (Å²) < 4.78 is 0. The highest BCUT2D eigenvalue weighted by molar-refractivity contribution is 5.96. The van der Waals surface area contributed by atoms with Crippen molar-refractivity contribution in [2.24, 2.45) is 0 Å². The molecule has 2 aromatic rings. The lowest BCUT2D eigenvalue weighted by Gasteiger charge is -2.10. The Morgan fingerprint density at radius 1 is 1.31 bits per heavy atom. The van der Waals surface area contributed by atoms with Crippen molar-refractivity contribution in [2.75, 3.05) is 24.2 Å². The fourth-order valence-electron chi connectivity index (χ4n) is 1.63. The van der Waals surface area contributed by atoms with Gasteiger partial charge in [0.1, 0.15) is 0 Å². The molecule has 0 fully saturated rings. The van der Waals surface area contributed by atoms with Crippen molar-refractivity contribution in [3.05, 3.63) is 30.5 Å². The topological polar surface area (TPSA) is 71.2 Å². The van der Waals surface area contributed by atoms with Crippen molar-refractivity contribution in [3.63, 3.8) is 0 Å². The van der Waals surface area contributed by atoms with Gasteiger partial charge in [-0.15, -0.1) is 0 Å². The van der Waals surface area contributed by atoms with Gasteiger partial charge < -0.3 is 16.2 Å². The van der Waals surface area contributed by atoms with E-state index in [1.165, 1.54) is 0 Å². The number of nitrogens with two attached hydrogens (primary N) is 1. The van der Waals surface area contributed by atoms with E-state index in [9.17, 15) is 0 Å². The van der Waals surface area contributed by atoms with Gasteiger partial charge in [0.15, 0.2) is 0 Å². The molecule has 0 aliphatic heterocycles. The predicted octanol–water partition coefficient (Wildman–Crippen LogP) is 1.61. The highest BCUT2D eigenvalue weighted by Crippen LogP contribution is 2.27. The average Bonchev–Trinajstić information content (AvgIpc) is 2.33. The summed E-state index contributed by atoms with van der Waals surface area (Å²) in [6.45, 7) is 0.897. The van der Waals surface area contributed by atoms with Gasteiger partial charge in [0, 0.05) is 24.7 Å². The van der Waals surface area contributed by atoms with Crippen LogP contribution in [0.15, 0.2) is 30.5 Å². The molecule has 0 aliphatic rings. The molecule has 0 atom stereocenters. The number of anilines is 2. The Labute approximate surface area is 94.1 Å². The third-order valence-corrected chi connectivity index (χ3v) is 2.48. The Kier molecular flexibility index (Phi) is 3.22. The second-order valence-electron chi connectivity index (χ2n) is 3.60. The smallest absolute Gasteiger partial charge is 0.0724 e. The molecule has 0 amide bonds. The largest absolute Gasteiger partial charge is 0.397 e. The number of aliphatic hydroxyl groups is 1. The second kappa shape index (κ2) is 4.81. The van der Waals surface area contributed by atoms with Crippen molar-refractivity contribution in [3.8, 4) is 0 Å². The molecule has 0 bridgehead atoms. The van der Waals surface area contributed by atoms with Gasteiger partial charge in [-0.05, 0) is 30.7 Å². The number of hydrogen-bond donors (Lipinski definition) is 3. The molecular weight excluding hydrogens is 202 g/mol. The molecule has 4 heteroatoms. The summed E-state index contributed by atoms with van der Waals surface area (Å²) in [6, 6.07) is 7.68. The maximum atomic E-state index is 8.70. The predicted molar refractivity (Wildman–Crippen MR) is 66.3 cm³/mol. The van der Waals surface area contributed by atoms with Crippen LogP contribution in [-0.4, -0.2) is 23.2 Å². The van der Waals surface area contributed by atoms with Crippen LogP contribution in [0, 0.1) is 0 Å². The van der Waals surface area contributed by atoms with Crippen LogP contribution in [0.3, 0.4) is 0 Å². The maximum absolute atomic E-state index is 8.70. The Morgan fingerprint density at radius 2 is 2.19 bits per heavy atom. The van der Waals surface area contributed by atoms with Gasteiger partial charge in [0.25, 0.3) is 0 Å². The van der Waals surface area contributed by atoms with Crippen LogP contribution < -0.4 is 11.1 Å². The molecule has 0 saturated carbocycles. The van der Waals surface area contributed by atoms with Crippen LogP contribution in [0.4, 0.5) is 11.4 Å². The van der Waals surface area contributed by atoms with E-state index in [0.29, 0.717) is 18.7 Å². The summed E-state index contributed by atoms with van der Waals surface area (Å²) in [6.07, 6.45) is 2.46. The number of fused-ring (bicyclic) bond motifs is 1. The van der Waals surface area contributed by atoms with Crippen molar-refractivity contribution in [1.29, 1.82) is 0 Å². The molecular formula is C12H15N3O. The van der Waals surface area contributed by atoms with Crippen molar-refractivity contribution < 1.29 is 5.11 Å². The molecule has 0 saturated heterocycles. The number of nitrogen functional groups attached to an aromatic ring is 1. The molecule has 1 aromatic heterocycles. The van der Waals surface area contributed by atoms with Crippen LogP contribution in [0.1, 0.15) is 6.42 Å². The van der Waals surface area contributed by atoms with E-state index < -0.39 is 0 Å². The first-order valence-corrected chi connectivity index (χ1v) is 5.31. The Balaban J connectivity index is 2.29. The Hall–Kier alpha value is -1.81. The lowest BCUT2D eigenvalue weighted by Crippen LogP contribution is -2.06. The second-order valence-corrected chi connectivity index (χ2v) is 3.60. The van der Waals surface area contributed by atoms with Gasteiger partial charge in [0.05, 0.1) is 16.9 Å². The highest BCUT2D eigenvalue weighted by atomic mass is 16.3. The first-order valence-electron chi connectivity index (χ1n) is 5.31. The third kappa shape index (κ3) is 2.06. The zero-order valence-corrected chi connectivity index (χ0v) is 8.98. The van der Waals surface area contributed by atoms with Crippen LogP contribution in [0.2, 0.25) is 0 Å². The molecule has 0 aliphatic carbocycles. The number of nitrogens with zero attached hydrogens (tertiary/aromatic N) is 1. The summed E-state index contributed by atoms with van der Waals surface area (Å²) in [4.78, 5) is 4.23. The summed E-state index contributed by atoms with van der Waals surface area (Å²) in [5.41, 5.74) is 8.54. The molecule has 1 heterocycles. The third-order valence-electron chi connectivity index (χ3n) is 2.48. The number of benzene rings is 1. The first-order chi connectivity index (χ1) is 7.83. The number of aliphatic hydroxyl groups excluding tert-OH is 1. The van der Waals surface area contributed by atoms with E-state index in [4.69, 9.17) is 10.8 Å². The Bertz CT molecular complexity index is 485. The van der Waals surface area contributed by atoms with Crippen molar-refractivity contribution in [1.82, 2.24) is 4.98 Å². The number of hydrogen-bond acceptors (Lipinski definition) is 4. The summed E-state index contributed by atoms with van der Waals surface area (Å²) in [7, 11) is 0. The lowest BCUT2D eigenvalue weighted by atomic mass is 10.1. The summed E-state index contributed by atoms with van der Waals surface area (Å²) in [5.74, 6) is 0. The number of aromatic nitrogens is 1. The maximum Gasteiger partial charge on any atom is 0.0724 e. The average molecular weight is 217 g/mol. The van der Waals surface area contributed by atoms with E-state index >= 15 is 0 Å². The van der Waals surface area contributed by atoms with Gasteiger partial charge in [-0.2, -0.15) is 0 Å². The summed E-state index contributed by atoms with van der Waals surface area (Å²) in [5, 5.41) is 12.9. The minimum Gasteiger partial charge on any atom is -0.397 e. The van der Waals surface area contributed by atoms with Gasteiger partial charge in [-0.3, -0.25) is 4.98 Å². The fraction of sp³-hybridized carbons (Fsp3) is 0.250. The van der Waals surface area contributed by atoms with Crippen LogP contribution in [-0.2, 0) is 0 Å². The molecule has 2 rings (SSSR count). The van der Waals surface area contributed by atoms with Gasteiger partial charge in [0.2, 0.25) is 0 Å². The molecule has 84 valence electrons. The van der Waals surface area contributed by atoms with Crippen LogP contribution in [0.5, 0.6) is 0 Å². The first kappa shape index (κ1) is 10.7. The zero-order chi connectivity index (χ0) is 11.4. The van der Waals surface area contributed by atoms with Crippen LogP contribution in [0.25, 0.3) is 10.9 Å². The number of nitrogens with one attached hydrogen (secondary N) is 1. The van der Waals surface area contributed by atoms with E-state index in [2.05, 4.69) is 10.3 Å². The molecule has 0 spiro atoms. The fourth-order valence-corrected chi connectivity index (χ4v) is 1.63. The van der Waals surface area contributed by atoms with Crippen LogP contribution >= 0.6 is 0 Å². The molecule has 4 nitrogen and oxygen atoms in total. The van der Waals surface area contributed by atoms with Gasteiger partial charge in [-0.25, -0.2) is 0 Å². The standard InChI is InChI=1S/C12H15N3O/c13-12-9-3-1-6-14-10(9)4-5-11(12)15-7-2-8-16/h1,3-6,15-16H,2,7-8,13H2. The SMILES string of the molecule is Nc1c(NCCCO)ccc2ncccc12. The summed E-state index contributed by atoms with van der Waals surface area (Å²) >= 11 is 0. The minimum absolute atomic E-state index is 0.183. The van der Waals surface area contributed by atoms with Gasteiger partial charge >= 0.3 is 0 Å².